The highest BCUT2D eigenvalue weighted by Crippen LogP contribution is 2.27. The first-order valence-corrected chi connectivity index (χ1v) is 9.81. The highest BCUT2D eigenvalue weighted by Gasteiger charge is 2.10. The monoisotopic (exact) mass is 384 g/mol. The van der Waals surface area contributed by atoms with Crippen LogP contribution >= 0.6 is 0 Å². The summed E-state index contributed by atoms with van der Waals surface area (Å²) in [4.78, 5) is 4.13. The van der Waals surface area contributed by atoms with Crippen LogP contribution in [-0.4, -0.2) is 14.8 Å². The van der Waals surface area contributed by atoms with Crippen LogP contribution in [0.4, 0.5) is 0 Å². The maximum absolute atomic E-state index is 6.10. The van der Waals surface area contributed by atoms with E-state index in [1.165, 1.54) is 11.1 Å². The van der Waals surface area contributed by atoms with Crippen molar-refractivity contribution in [2.24, 2.45) is 0 Å². The molecule has 29 heavy (non-hydrogen) atoms. The van der Waals surface area contributed by atoms with Gasteiger partial charge in [0.15, 0.2) is 0 Å². The van der Waals surface area contributed by atoms with Crippen LogP contribution in [0.3, 0.4) is 0 Å². The molecule has 2 aromatic heterocycles. The maximum Gasteiger partial charge on any atom is 0.218 e. The Hall–Kier alpha value is -3.44. The fourth-order valence-corrected chi connectivity index (χ4v) is 3.11. The van der Waals surface area contributed by atoms with Gasteiger partial charge in [-0.25, -0.2) is 4.68 Å². The van der Waals surface area contributed by atoms with Crippen LogP contribution < -0.4 is 10.1 Å². The van der Waals surface area contributed by atoms with E-state index in [0.29, 0.717) is 0 Å². The lowest BCUT2D eigenvalue weighted by Crippen LogP contribution is -2.12. The maximum atomic E-state index is 6.10. The Labute approximate surface area is 171 Å². The largest absolute Gasteiger partial charge is 0.439 e. The molecule has 0 bridgehead atoms. The van der Waals surface area contributed by atoms with E-state index in [1.54, 1.807) is 6.20 Å². The van der Waals surface area contributed by atoms with Gasteiger partial charge in [0.2, 0.25) is 5.88 Å². The molecule has 2 aromatic carbocycles. The van der Waals surface area contributed by atoms with E-state index in [0.717, 1.165) is 42.5 Å². The minimum Gasteiger partial charge on any atom is -0.439 e. The first-order valence-electron chi connectivity index (χ1n) is 9.81. The second kappa shape index (κ2) is 9.17. The Morgan fingerprint density at radius 3 is 2.41 bits per heavy atom. The summed E-state index contributed by atoms with van der Waals surface area (Å²) in [5.74, 6) is 1.55. The van der Waals surface area contributed by atoms with Crippen molar-refractivity contribution in [2.75, 3.05) is 0 Å². The van der Waals surface area contributed by atoms with Crippen molar-refractivity contribution in [3.63, 3.8) is 0 Å². The highest BCUT2D eigenvalue weighted by molar-refractivity contribution is 5.60. The molecule has 4 rings (SSSR count). The van der Waals surface area contributed by atoms with E-state index in [9.17, 15) is 0 Å². The van der Waals surface area contributed by atoms with E-state index in [-0.39, 0.29) is 0 Å². The van der Waals surface area contributed by atoms with Gasteiger partial charge in [-0.3, -0.25) is 4.98 Å². The van der Waals surface area contributed by atoms with Crippen molar-refractivity contribution in [1.82, 2.24) is 20.1 Å². The summed E-state index contributed by atoms with van der Waals surface area (Å²) in [6, 6.07) is 24.3. The fraction of sp³-hybridized carbons (Fsp3) is 0.167. The van der Waals surface area contributed by atoms with Crippen LogP contribution in [-0.2, 0) is 19.6 Å². The lowest BCUT2D eigenvalue weighted by atomic mass is 10.2. The van der Waals surface area contributed by atoms with Gasteiger partial charge in [0, 0.05) is 43.7 Å². The second-order valence-corrected chi connectivity index (χ2v) is 6.76. The lowest BCUT2D eigenvalue weighted by molar-refractivity contribution is 0.417. The van der Waals surface area contributed by atoms with E-state index in [4.69, 9.17) is 4.74 Å². The molecule has 0 radical (unpaired) electrons. The first kappa shape index (κ1) is 18.9. The van der Waals surface area contributed by atoms with Crippen molar-refractivity contribution in [2.45, 2.75) is 26.6 Å². The SMILES string of the molecule is CCn1nc(-c2ccccc2)cc1Oc1ccc(CNCc2cccnc2)cc1. The van der Waals surface area contributed by atoms with E-state index in [2.05, 4.69) is 52.7 Å². The molecule has 0 spiro atoms. The predicted molar refractivity (Wildman–Crippen MR) is 115 cm³/mol. The molecule has 0 saturated heterocycles. The van der Waals surface area contributed by atoms with Gasteiger partial charge in [-0.2, -0.15) is 5.10 Å². The van der Waals surface area contributed by atoms with Crippen LogP contribution in [0.15, 0.2) is 85.2 Å². The Balaban J connectivity index is 1.39. The number of benzene rings is 2. The third-order valence-corrected chi connectivity index (χ3v) is 4.64. The van der Waals surface area contributed by atoms with Gasteiger partial charge >= 0.3 is 0 Å². The first-order chi connectivity index (χ1) is 14.3. The minimum atomic E-state index is 0.744. The van der Waals surface area contributed by atoms with E-state index in [1.807, 2.05) is 53.3 Å². The minimum absolute atomic E-state index is 0.744. The zero-order valence-electron chi connectivity index (χ0n) is 16.5. The number of aryl methyl sites for hydroxylation is 1. The third kappa shape index (κ3) is 4.89. The van der Waals surface area contributed by atoms with Crippen LogP contribution in [0.1, 0.15) is 18.1 Å². The van der Waals surface area contributed by atoms with Crippen molar-refractivity contribution >= 4 is 0 Å². The van der Waals surface area contributed by atoms with Gasteiger partial charge in [-0.15, -0.1) is 0 Å². The fourth-order valence-electron chi connectivity index (χ4n) is 3.11. The van der Waals surface area contributed by atoms with Gasteiger partial charge in [0.05, 0.1) is 5.69 Å². The number of hydrogen-bond acceptors (Lipinski definition) is 4. The second-order valence-electron chi connectivity index (χ2n) is 6.76. The molecule has 4 aromatic rings. The zero-order chi connectivity index (χ0) is 19.9. The molecule has 0 amide bonds. The molecule has 2 heterocycles. The van der Waals surface area contributed by atoms with Crippen LogP contribution in [0.2, 0.25) is 0 Å². The summed E-state index contributed by atoms with van der Waals surface area (Å²) in [6.45, 7) is 4.40. The van der Waals surface area contributed by atoms with Crippen molar-refractivity contribution in [3.8, 4) is 22.9 Å². The number of nitrogens with one attached hydrogen (secondary N) is 1. The normalized spacial score (nSPS) is 10.8. The summed E-state index contributed by atoms with van der Waals surface area (Å²) >= 11 is 0. The molecule has 5 heteroatoms. The van der Waals surface area contributed by atoms with Gasteiger partial charge in [-0.05, 0) is 36.2 Å². The summed E-state index contributed by atoms with van der Waals surface area (Å²) in [5.41, 5.74) is 4.38. The van der Waals surface area contributed by atoms with Crippen LogP contribution in [0.25, 0.3) is 11.3 Å². The summed E-state index contributed by atoms with van der Waals surface area (Å²) in [6.07, 6.45) is 3.67. The molecular formula is C24H24N4O. The van der Waals surface area contributed by atoms with E-state index < -0.39 is 0 Å². The average molecular weight is 384 g/mol. The molecule has 0 aliphatic carbocycles. The quantitative estimate of drug-likeness (QED) is 0.462. The van der Waals surface area contributed by atoms with Gasteiger partial charge in [0.25, 0.3) is 0 Å². The third-order valence-electron chi connectivity index (χ3n) is 4.64. The van der Waals surface area contributed by atoms with Gasteiger partial charge in [-0.1, -0.05) is 48.5 Å². The standard InChI is InChI=1S/C24H24N4O/c1-2-28-24(15-23(27-28)21-8-4-3-5-9-21)29-22-12-10-19(11-13-22)16-26-18-20-7-6-14-25-17-20/h3-15,17,26H,2,16,18H2,1H3. The molecule has 146 valence electrons. The molecule has 1 N–H and O–H groups in total. The van der Waals surface area contributed by atoms with E-state index >= 15 is 0 Å². The lowest BCUT2D eigenvalue weighted by Gasteiger charge is -2.08. The number of hydrogen-bond donors (Lipinski definition) is 1. The average Bonchev–Trinajstić information content (AvgIpc) is 3.19. The van der Waals surface area contributed by atoms with Crippen LogP contribution in [0, 0.1) is 0 Å². The van der Waals surface area contributed by atoms with Gasteiger partial charge in [0.1, 0.15) is 5.75 Å². The Bertz CT molecular complexity index is 1030. The van der Waals surface area contributed by atoms with Crippen LogP contribution in [0.5, 0.6) is 11.6 Å². The van der Waals surface area contributed by atoms with Crippen molar-refractivity contribution in [3.05, 3.63) is 96.3 Å². The molecule has 5 nitrogen and oxygen atoms in total. The molecule has 0 aliphatic rings. The molecule has 0 aliphatic heterocycles. The van der Waals surface area contributed by atoms with Crippen molar-refractivity contribution < 1.29 is 4.74 Å². The number of rotatable bonds is 8. The predicted octanol–water partition coefficient (Wildman–Crippen LogP) is 5.05. The van der Waals surface area contributed by atoms with Gasteiger partial charge < -0.3 is 10.1 Å². The number of nitrogens with zero attached hydrogens (tertiary/aromatic N) is 3. The molecule has 0 fully saturated rings. The summed E-state index contributed by atoms with van der Waals surface area (Å²) < 4.78 is 7.98. The number of aromatic nitrogens is 3. The molecule has 0 unspecified atom stereocenters. The number of pyridine rings is 1. The zero-order valence-corrected chi connectivity index (χ0v) is 16.5. The summed E-state index contributed by atoms with van der Waals surface area (Å²) in [7, 11) is 0. The molecule has 0 saturated carbocycles. The Morgan fingerprint density at radius 2 is 1.69 bits per heavy atom. The Morgan fingerprint density at radius 1 is 0.897 bits per heavy atom. The smallest absolute Gasteiger partial charge is 0.218 e. The summed E-state index contributed by atoms with van der Waals surface area (Å²) in [5, 5.41) is 8.09. The highest BCUT2D eigenvalue weighted by atomic mass is 16.5. The number of ether oxygens (including phenoxy) is 1. The topological polar surface area (TPSA) is 52.0 Å². The van der Waals surface area contributed by atoms with Crippen molar-refractivity contribution in [1.29, 1.82) is 0 Å². The molecule has 0 atom stereocenters. The molecular weight excluding hydrogens is 360 g/mol. The Kier molecular flexibility index (Phi) is 5.98.